The van der Waals surface area contributed by atoms with Gasteiger partial charge in [0.2, 0.25) is 0 Å². The van der Waals surface area contributed by atoms with Crippen molar-refractivity contribution < 1.29 is 9.53 Å². The lowest BCUT2D eigenvalue weighted by Gasteiger charge is -2.36. The van der Waals surface area contributed by atoms with E-state index in [2.05, 4.69) is 27.7 Å². The van der Waals surface area contributed by atoms with E-state index in [1.165, 1.54) is 38.5 Å². The highest BCUT2D eigenvalue weighted by Crippen LogP contribution is 2.38. The van der Waals surface area contributed by atoms with Crippen LogP contribution in [-0.2, 0) is 9.53 Å². The van der Waals surface area contributed by atoms with E-state index in [0.717, 1.165) is 25.8 Å². The second-order valence-electron chi connectivity index (χ2n) is 7.67. The van der Waals surface area contributed by atoms with Gasteiger partial charge in [-0.15, -0.1) is 0 Å². The average molecular weight is 322 g/mol. The highest BCUT2D eigenvalue weighted by atomic mass is 16.5. The Morgan fingerprint density at radius 1 is 1.43 bits per heavy atom. The molecule has 2 atom stereocenters. The summed E-state index contributed by atoms with van der Waals surface area (Å²) in [5, 5.41) is 8.07. The molecule has 1 aliphatic rings. The number of ether oxygens (including phenoxy) is 1. The Kier molecular flexibility index (Phi) is 7.93. The number of nitrogens with zero attached hydrogens (tertiary/aromatic N) is 1. The van der Waals surface area contributed by atoms with E-state index in [-0.39, 0.29) is 17.0 Å². The third-order valence-corrected chi connectivity index (χ3v) is 4.89. The van der Waals surface area contributed by atoms with Crippen molar-refractivity contribution in [1.82, 2.24) is 0 Å². The molecule has 0 heterocycles. The monoisotopic (exact) mass is 322 g/mol. The zero-order valence-corrected chi connectivity index (χ0v) is 15.6. The molecular weight excluding hydrogens is 288 g/mol. The van der Waals surface area contributed by atoms with Crippen LogP contribution in [0, 0.1) is 22.7 Å². The molecule has 0 radical (unpaired) electrons. The van der Waals surface area contributed by atoms with Crippen LogP contribution in [0.1, 0.15) is 72.6 Å². The van der Waals surface area contributed by atoms with Crippen molar-refractivity contribution in [3.63, 3.8) is 0 Å². The fourth-order valence-electron chi connectivity index (χ4n) is 3.50. The molecule has 4 heteroatoms. The van der Waals surface area contributed by atoms with Crippen molar-refractivity contribution in [3.05, 3.63) is 0 Å². The average Bonchev–Trinajstić information content (AvgIpc) is 2.52. The molecule has 0 aromatic carbocycles. The topological polar surface area (TPSA) is 62.5 Å². The molecule has 1 fully saturated rings. The Labute approximate surface area is 141 Å². The Hall–Kier alpha value is -1.19. The second kappa shape index (κ2) is 9.19. The first-order valence-corrected chi connectivity index (χ1v) is 9.01. The lowest BCUT2D eigenvalue weighted by molar-refractivity contribution is -0.133. The summed E-state index contributed by atoms with van der Waals surface area (Å²) in [5.74, 6) is 0.105. The van der Waals surface area contributed by atoms with Gasteiger partial charge < -0.3 is 4.74 Å². The summed E-state index contributed by atoms with van der Waals surface area (Å²) < 4.78 is 4.73. The number of carbonyl (C=O) groups excluding carboxylic acids is 1. The van der Waals surface area contributed by atoms with E-state index >= 15 is 0 Å². The molecule has 1 saturated carbocycles. The van der Waals surface area contributed by atoms with E-state index in [4.69, 9.17) is 15.1 Å². The van der Waals surface area contributed by atoms with Crippen LogP contribution in [0.4, 0.5) is 0 Å². The minimum Gasteiger partial charge on any atom is -0.465 e. The predicted octanol–water partition coefficient (Wildman–Crippen LogP) is 4.66. The molecule has 1 aliphatic carbocycles. The van der Waals surface area contributed by atoms with Crippen molar-refractivity contribution in [1.29, 1.82) is 5.41 Å². The van der Waals surface area contributed by atoms with Crippen LogP contribution in [-0.4, -0.2) is 31.0 Å². The van der Waals surface area contributed by atoms with Gasteiger partial charge in [0, 0.05) is 18.2 Å². The molecule has 1 N–H and O–H groups in total. The summed E-state index contributed by atoms with van der Waals surface area (Å²) >= 11 is 0. The number of hydrogen-bond acceptors (Lipinski definition) is 4. The van der Waals surface area contributed by atoms with Gasteiger partial charge in [-0.1, -0.05) is 47.0 Å². The van der Waals surface area contributed by atoms with Crippen molar-refractivity contribution in [2.75, 3.05) is 13.7 Å². The molecule has 1 rings (SSSR count). The number of hydrogen-bond donors (Lipinski definition) is 1. The van der Waals surface area contributed by atoms with Crippen molar-refractivity contribution in [2.24, 2.45) is 22.2 Å². The number of carbonyl (C=O) groups is 1. The fraction of sp³-hybridized carbons (Fsp3) is 0.842. The number of methoxy groups -OCH3 is 1. The molecule has 0 saturated heterocycles. The van der Waals surface area contributed by atoms with E-state index in [0.29, 0.717) is 5.92 Å². The van der Waals surface area contributed by atoms with E-state index in [1.54, 1.807) is 0 Å². The predicted molar refractivity (Wildman–Crippen MR) is 96.5 cm³/mol. The maximum Gasteiger partial charge on any atom is 0.351 e. The summed E-state index contributed by atoms with van der Waals surface area (Å²) in [4.78, 5) is 16.6. The molecule has 132 valence electrons. The third kappa shape index (κ3) is 6.44. The van der Waals surface area contributed by atoms with Gasteiger partial charge in [0.1, 0.15) is 5.71 Å². The minimum atomic E-state index is -0.499. The molecule has 0 aromatic rings. The van der Waals surface area contributed by atoms with Gasteiger partial charge in [0.05, 0.1) is 7.11 Å². The Morgan fingerprint density at radius 2 is 2.13 bits per heavy atom. The third-order valence-electron chi connectivity index (χ3n) is 4.89. The van der Waals surface area contributed by atoms with Crippen molar-refractivity contribution in [3.8, 4) is 0 Å². The number of esters is 1. The summed E-state index contributed by atoms with van der Waals surface area (Å²) in [7, 11) is 1.35. The molecule has 0 amide bonds. The SMILES string of the molecule is CCCCC(CC)CN=C1CC(C(=N)C(=O)OC)CC(C)(C)C1. The van der Waals surface area contributed by atoms with Gasteiger partial charge in [0.15, 0.2) is 0 Å². The first-order chi connectivity index (χ1) is 10.8. The normalized spacial score (nSPS) is 23.5. The van der Waals surface area contributed by atoms with Crippen LogP contribution in [0.5, 0.6) is 0 Å². The second-order valence-corrected chi connectivity index (χ2v) is 7.67. The highest BCUT2D eigenvalue weighted by Gasteiger charge is 2.36. The highest BCUT2D eigenvalue weighted by molar-refractivity contribution is 6.36. The lowest BCUT2D eigenvalue weighted by atomic mass is 9.70. The molecule has 0 spiro atoms. The van der Waals surface area contributed by atoms with E-state index < -0.39 is 5.97 Å². The molecule has 0 aliphatic heterocycles. The lowest BCUT2D eigenvalue weighted by Crippen LogP contribution is -2.36. The molecule has 4 nitrogen and oxygen atoms in total. The summed E-state index contributed by atoms with van der Waals surface area (Å²) in [6, 6.07) is 0. The van der Waals surface area contributed by atoms with Crippen LogP contribution in [0.25, 0.3) is 0 Å². The van der Waals surface area contributed by atoms with Gasteiger partial charge in [-0.3, -0.25) is 10.4 Å². The first kappa shape index (κ1) is 19.9. The molecular formula is C19H34N2O2. The summed E-state index contributed by atoms with van der Waals surface area (Å²) in [6.45, 7) is 9.76. The molecule has 23 heavy (non-hydrogen) atoms. The van der Waals surface area contributed by atoms with Gasteiger partial charge in [-0.05, 0) is 37.0 Å². The van der Waals surface area contributed by atoms with Gasteiger partial charge in [-0.2, -0.15) is 0 Å². The number of unbranched alkanes of at least 4 members (excludes halogenated alkanes) is 1. The number of nitrogens with one attached hydrogen (secondary N) is 1. The maximum absolute atomic E-state index is 11.7. The van der Waals surface area contributed by atoms with Gasteiger partial charge in [-0.25, -0.2) is 4.79 Å². The molecule has 0 aromatic heterocycles. The van der Waals surface area contributed by atoms with Crippen LogP contribution >= 0.6 is 0 Å². The minimum absolute atomic E-state index is 0.0549. The zero-order chi connectivity index (χ0) is 17.5. The van der Waals surface area contributed by atoms with Gasteiger partial charge in [0.25, 0.3) is 0 Å². The van der Waals surface area contributed by atoms with Crippen LogP contribution in [0.3, 0.4) is 0 Å². The molecule has 0 bridgehead atoms. The number of aliphatic imine (C=N–C) groups is 1. The molecule has 2 unspecified atom stereocenters. The fourth-order valence-corrected chi connectivity index (χ4v) is 3.50. The van der Waals surface area contributed by atoms with Crippen molar-refractivity contribution in [2.45, 2.75) is 72.6 Å². The largest absolute Gasteiger partial charge is 0.465 e. The van der Waals surface area contributed by atoms with Crippen LogP contribution < -0.4 is 0 Å². The quantitative estimate of drug-likeness (QED) is 0.521. The van der Waals surface area contributed by atoms with E-state index in [1.807, 2.05) is 0 Å². The smallest absolute Gasteiger partial charge is 0.351 e. The first-order valence-electron chi connectivity index (χ1n) is 9.01. The Morgan fingerprint density at radius 3 is 2.70 bits per heavy atom. The van der Waals surface area contributed by atoms with Gasteiger partial charge >= 0.3 is 5.97 Å². The number of rotatable bonds is 8. The van der Waals surface area contributed by atoms with Crippen LogP contribution in [0.15, 0.2) is 4.99 Å². The summed E-state index contributed by atoms with van der Waals surface area (Å²) in [6.07, 6.45) is 7.48. The van der Waals surface area contributed by atoms with Crippen molar-refractivity contribution >= 4 is 17.4 Å². The van der Waals surface area contributed by atoms with Crippen LogP contribution in [0.2, 0.25) is 0 Å². The van der Waals surface area contributed by atoms with E-state index in [9.17, 15) is 4.79 Å². The Balaban J connectivity index is 2.75. The zero-order valence-electron chi connectivity index (χ0n) is 15.6. The maximum atomic E-state index is 11.7. The Bertz CT molecular complexity index is 441. The summed E-state index contributed by atoms with van der Waals surface area (Å²) in [5.41, 5.74) is 1.37. The standard InChI is InChI=1S/C19H34N2O2/c1-6-8-9-14(7-2)13-21-16-10-15(11-19(3,4)12-16)17(20)18(22)23-5/h14-15,20H,6-13H2,1-5H3.